The molecule has 4 rings (SSSR count). The third-order valence-electron chi connectivity index (χ3n) is 6.86. The van der Waals surface area contributed by atoms with Crippen molar-refractivity contribution in [3.63, 3.8) is 0 Å². The van der Waals surface area contributed by atoms with E-state index >= 15 is 0 Å². The number of rotatable bonds is 5. The van der Waals surface area contributed by atoms with Crippen LogP contribution in [-0.2, 0) is 0 Å². The lowest BCUT2D eigenvalue weighted by atomic mass is 9.67. The Bertz CT molecular complexity index is 870. The van der Waals surface area contributed by atoms with E-state index < -0.39 is 0 Å². The maximum Gasteiger partial charge on any atom is 0.0399 e. The normalized spacial score (nSPS) is 23.9. The van der Waals surface area contributed by atoms with Gasteiger partial charge in [-0.15, -0.1) is 0 Å². The average molecular weight is 358 g/mol. The molecule has 1 saturated carbocycles. The van der Waals surface area contributed by atoms with Crippen LogP contribution in [0.3, 0.4) is 0 Å². The van der Waals surface area contributed by atoms with Crippen LogP contribution in [0.5, 0.6) is 0 Å². The van der Waals surface area contributed by atoms with E-state index in [2.05, 4.69) is 92.0 Å². The minimum absolute atomic E-state index is 0.219. The van der Waals surface area contributed by atoms with E-state index in [1.54, 1.807) is 5.56 Å². The molecule has 0 bridgehead atoms. The van der Waals surface area contributed by atoms with Gasteiger partial charge in [0.15, 0.2) is 0 Å². The Hall–Kier alpha value is -2.28. The molecule has 1 aliphatic rings. The van der Waals surface area contributed by atoms with Gasteiger partial charge in [-0.3, -0.25) is 0 Å². The van der Waals surface area contributed by atoms with Crippen LogP contribution in [-0.4, -0.2) is 5.54 Å². The third-order valence-corrected chi connectivity index (χ3v) is 6.86. The van der Waals surface area contributed by atoms with Crippen molar-refractivity contribution < 1.29 is 0 Å². The second-order valence-electron chi connectivity index (χ2n) is 8.30. The Labute approximate surface area is 163 Å². The van der Waals surface area contributed by atoms with Gasteiger partial charge in [0.1, 0.15) is 0 Å². The zero-order valence-corrected chi connectivity index (χ0v) is 16.6. The van der Waals surface area contributed by atoms with Crippen LogP contribution in [0.4, 0.5) is 5.69 Å². The molecule has 1 N–H and O–H groups in total. The molecule has 3 aromatic rings. The van der Waals surface area contributed by atoms with Crippen molar-refractivity contribution in [2.75, 3.05) is 5.32 Å². The first-order chi connectivity index (χ1) is 13.2. The summed E-state index contributed by atoms with van der Waals surface area (Å²) < 4.78 is 0. The summed E-state index contributed by atoms with van der Waals surface area (Å²) in [6.45, 7) is 4.75. The number of nitrogens with one attached hydrogen (secondary N) is 1. The fourth-order valence-corrected chi connectivity index (χ4v) is 4.99. The molecular formula is C26H31N. The Kier molecular flexibility index (Phi) is 5.20. The van der Waals surface area contributed by atoms with Gasteiger partial charge in [0.05, 0.1) is 0 Å². The Balaban J connectivity index is 1.58. The smallest absolute Gasteiger partial charge is 0.0399 e. The summed E-state index contributed by atoms with van der Waals surface area (Å²) in [5, 5.41) is 6.77. The van der Waals surface area contributed by atoms with Gasteiger partial charge in [-0.25, -0.2) is 0 Å². The highest BCUT2D eigenvalue weighted by molar-refractivity contribution is 5.86. The minimum atomic E-state index is 0.219. The Morgan fingerprint density at radius 1 is 0.889 bits per heavy atom. The topological polar surface area (TPSA) is 12.0 Å². The number of fused-ring (bicyclic) bond motifs is 1. The number of hydrogen-bond donors (Lipinski definition) is 1. The van der Waals surface area contributed by atoms with Crippen LogP contribution < -0.4 is 5.32 Å². The molecule has 0 aromatic heterocycles. The largest absolute Gasteiger partial charge is 0.379 e. The summed E-state index contributed by atoms with van der Waals surface area (Å²) in [7, 11) is 0. The molecule has 27 heavy (non-hydrogen) atoms. The van der Waals surface area contributed by atoms with Gasteiger partial charge < -0.3 is 5.32 Å². The van der Waals surface area contributed by atoms with Gasteiger partial charge >= 0.3 is 0 Å². The lowest BCUT2D eigenvalue weighted by Gasteiger charge is -2.46. The first-order valence-corrected chi connectivity index (χ1v) is 10.5. The molecule has 1 fully saturated rings. The van der Waals surface area contributed by atoms with Crippen LogP contribution in [0.15, 0.2) is 72.8 Å². The molecule has 1 atom stereocenters. The summed E-state index contributed by atoms with van der Waals surface area (Å²) in [6.07, 6.45) is 6.23. The molecule has 0 spiro atoms. The lowest BCUT2D eigenvalue weighted by molar-refractivity contribution is 0.214. The highest BCUT2D eigenvalue weighted by Crippen LogP contribution is 2.45. The molecular weight excluding hydrogens is 326 g/mol. The minimum Gasteiger partial charge on any atom is -0.379 e. The lowest BCUT2D eigenvalue weighted by Crippen LogP contribution is -2.47. The molecule has 1 heteroatoms. The number of hydrogen-bond acceptors (Lipinski definition) is 1. The van der Waals surface area contributed by atoms with Crippen LogP contribution in [0.1, 0.15) is 57.4 Å². The van der Waals surface area contributed by atoms with Crippen molar-refractivity contribution in [3.05, 3.63) is 78.4 Å². The fraction of sp³-hybridized carbons (Fsp3) is 0.385. The highest BCUT2D eigenvalue weighted by atomic mass is 15.0. The molecule has 140 valence electrons. The maximum absolute atomic E-state index is 3.95. The Morgan fingerprint density at radius 2 is 1.56 bits per heavy atom. The zero-order chi connectivity index (χ0) is 18.7. The van der Waals surface area contributed by atoms with Crippen molar-refractivity contribution in [1.82, 2.24) is 0 Å². The summed E-state index contributed by atoms with van der Waals surface area (Å²) in [5.74, 6) is 1.34. The molecule has 0 aliphatic heterocycles. The van der Waals surface area contributed by atoms with Crippen LogP contribution >= 0.6 is 0 Å². The predicted octanol–water partition coefficient (Wildman–Crippen LogP) is 7.39. The van der Waals surface area contributed by atoms with E-state index in [4.69, 9.17) is 0 Å². The van der Waals surface area contributed by atoms with E-state index in [1.165, 1.54) is 48.6 Å². The van der Waals surface area contributed by atoms with Crippen LogP contribution in [0.25, 0.3) is 10.8 Å². The fourth-order valence-electron chi connectivity index (χ4n) is 4.99. The summed E-state index contributed by atoms with van der Waals surface area (Å²) in [5.41, 5.74) is 3.03. The maximum atomic E-state index is 3.95. The third kappa shape index (κ3) is 3.60. The first kappa shape index (κ1) is 18.1. The number of para-hydroxylation sites is 1. The van der Waals surface area contributed by atoms with Crippen molar-refractivity contribution in [3.8, 4) is 0 Å². The molecule has 0 radical (unpaired) electrons. The zero-order valence-electron chi connectivity index (χ0n) is 16.6. The summed E-state index contributed by atoms with van der Waals surface area (Å²) >= 11 is 0. The van der Waals surface area contributed by atoms with Crippen molar-refractivity contribution in [2.24, 2.45) is 5.92 Å². The van der Waals surface area contributed by atoms with Gasteiger partial charge in [0, 0.05) is 11.2 Å². The van der Waals surface area contributed by atoms with Gasteiger partial charge in [-0.05, 0) is 66.0 Å². The second-order valence-corrected chi connectivity index (χ2v) is 8.30. The highest BCUT2D eigenvalue weighted by Gasteiger charge is 2.39. The second kappa shape index (κ2) is 7.76. The summed E-state index contributed by atoms with van der Waals surface area (Å²) in [6, 6.07) is 26.5. The van der Waals surface area contributed by atoms with Crippen molar-refractivity contribution >= 4 is 16.5 Å². The van der Waals surface area contributed by atoms with E-state index in [0.717, 1.165) is 0 Å². The van der Waals surface area contributed by atoms with Gasteiger partial charge in [0.25, 0.3) is 0 Å². The molecule has 1 aliphatic carbocycles. The average Bonchev–Trinajstić information content (AvgIpc) is 2.74. The summed E-state index contributed by atoms with van der Waals surface area (Å²) in [4.78, 5) is 0. The van der Waals surface area contributed by atoms with Gasteiger partial charge in [0.2, 0.25) is 0 Å². The molecule has 0 saturated heterocycles. The molecule has 1 unspecified atom stereocenters. The monoisotopic (exact) mass is 357 g/mol. The number of anilines is 1. The van der Waals surface area contributed by atoms with Crippen molar-refractivity contribution in [2.45, 2.75) is 57.4 Å². The van der Waals surface area contributed by atoms with Gasteiger partial charge in [-0.2, -0.15) is 0 Å². The SMILES string of the molecule is CCC(C)C1(Nc2ccccc2)CCC(c2cccc3ccccc23)CC1. The van der Waals surface area contributed by atoms with Gasteiger partial charge in [-0.1, -0.05) is 80.9 Å². The first-order valence-electron chi connectivity index (χ1n) is 10.5. The van der Waals surface area contributed by atoms with E-state index in [-0.39, 0.29) is 5.54 Å². The predicted molar refractivity (Wildman–Crippen MR) is 117 cm³/mol. The Morgan fingerprint density at radius 3 is 2.30 bits per heavy atom. The van der Waals surface area contributed by atoms with E-state index in [1.807, 2.05) is 0 Å². The quantitative estimate of drug-likeness (QED) is 0.502. The molecule has 0 amide bonds. The number of benzene rings is 3. The van der Waals surface area contributed by atoms with E-state index in [9.17, 15) is 0 Å². The van der Waals surface area contributed by atoms with Crippen molar-refractivity contribution in [1.29, 1.82) is 0 Å². The van der Waals surface area contributed by atoms with Crippen LogP contribution in [0, 0.1) is 5.92 Å². The van der Waals surface area contributed by atoms with Crippen LogP contribution in [0.2, 0.25) is 0 Å². The standard InChI is InChI=1S/C26H31N/c1-3-20(2)26(27-23-12-5-4-6-13-23)18-16-22(17-19-26)25-15-9-11-21-10-7-8-14-24(21)25/h4-15,20,22,27H,3,16-19H2,1-2H3. The molecule has 3 aromatic carbocycles. The van der Waals surface area contributed by atoms with E-state index in [0.29, 0.717) is 11.8 Å². The molecule has 1 nitrogen and oxygen atoms in total. The molecule has 0 heterocycles.